The molecule has 0 heterocycles. The van der Waals surface area contributed by atoms with Crippen molar-refractivity contribution in [2.24, 2.45) is 5.92 Å². The van der Waals surface area contributed by atoms with Gasteiger partial charge in [0.1, 0.15) is 5.82 Å². The predicted octanol–water partition coefficient (Wildman–Crippen LogP) is 9.10. The molecule has 0 spiro atoms. The van der Waals surface area contributed by atoms with Crippen molar-refractivity contribution < 1.29 is 9.13 Å². The fraction of sp³-hybridized carbons (Fsp3) is 0.312. The zero-order chi connectivity index (χ0) is 23.8. The Labute approximate surface area is 204 Å². The summed E-state index contributed by atoms with van der Waals surface area (Å²) in [5.41, 5.74) is 6.30. The molecule has 1 aliphatic rings. The van der Waals surface area contributed by atoms with Crippen LogP contribution in [0.1, 0.15) is 56.1 Å². The van der Waals surface area contributed by atoms with Gasteiger partial charge in [0.05, 0.1) is 13.2 Å². The minimum atomic E-state index is -0.239. The molecule has 0 aromatic heterocycles. The summed E-state index contributed by atoms with van der Waals surface area (Å²) in [6.07, 6.45) is 12.7. The Morgan fingerprint density at radius 1 is 0.853 bits per heavy atom. The minimum absolute atomic E-state index is 0.239. The van der Waals surface area contributed by atoms with Crippen LogP contribution in [-0.2, 0) is 11.3 Å². The number of hydrogen-bond acceptors (Lipinski definition) is 1. The first-order chi connectivity index (χ1) is 16.7. The van der Waals surface area contributed by atoms with Gasteiger partial charge in [0.25, 0.3) is 0 Å². The van der Waals surface area contributed by atoms with Gasteiger partial charge in [-0.3, -0.25) is 0 Å². The third-order valence-corrected chi connectivity index (χ3v) is 6.90. The first-order valence-electron chi connectivity index (χ1n) is 12.5. The van der Waals surface area contributed by atoms with Gasteiger partial charge in [0.15, 0.2) is 0 Å². The molecule has 4 rings (SSSR count). The molecular weight excluding hydrogens is 419 g/mol. The smallest absolute Gasteiger partial charge is 0.129 e. The second-order valence-electron chi connectivity index (χ2n) is 9.26. The molecule has 0 amide bonds. The maximum Gasteiger partial charge on any atom is 0.129 e. The fourth-order valence-corrected chi connectivity index (χ4v) is 4.87. The van der Waals surface area contributed by atoms with Crippen LogP contribution in [0.15, 0.2) is 91.5 Å². The second kappa shape index (κ2) is 11.9. The van der Waals surface area contributed by atoms with E-state index in [9.17, 15) is 4.39 Å². The number of halogens is 1. The van der Waals surface area contributed by atoms with Gasteiger partial charge < -0.3 is 4.74 Å². The largest absolute Gasteiger partial charge is 0.373 e. The molecule has 0 bridgehead atoms. The van der Waals surface area contributed by atoms with Crippen molar-refractivity contribution in [3.63, 3.8) is 0 Å². The van der Waals surface area contributed by atoms with Crippen LogP contribution in [0.2, 0.25) is 0 Å². The molecule has 0 atom stereocenters. The molecule has 1 aliphatic carbocycles. The molecule has 176 valence electrons. The highest BCUT2D eigenvalue weighted by Gasteiger charge is 2.20. The zero-order valence-corrected chi connectivity index (χ0v) is 20.2. The Morgan fingerprint density at radius 3 is 2.03 bits per heavy atom. The van der Waals surface area contributed by atoms with Crippen molar-refractivity contribution in [3.8, 4) is 22.3 Å². The van der Waals surface area contributed by atoms with E-state index in [1.165, 1.54) is 42.4 Å². The summed E-state index contributed by atoms with van der Waals surface area (Å²) in [7, 11) is 0. The summed E-state index contributed by atoms with van der Waals surface area (Å²) in [5.74, 6) is 1.21. The van der Waals surface area contributed by atoms with Crippen molar-refractivity contribution in [3.05, 3.63) is 108 Å². The van der Waals surface area contributed by atoms with Crippen LogP contribution in [-0.4, -0.2) is 6.61 Å². The van der Waals surface area contributed by atoms with E-state index in [0.717, 1.165) is 23.5 Å². The van der Waals surface area contributed by atoms with Gasteiger partial charge in [-0.15, -0.1) is 6.58 Å². The summed E-state index contributed by atoms with van der Waals surface area (Å²) in [5, 5.41) is 0. The van der Waals surface area contributed by atoms with Crippen molar-refractivity contribution in [1.82, 2.24) is 0 Å². The molecule has 2 heteroatoms. The lowest BCUT2D eigenvalue weighted by atomic mass is 9.78. The monoisotopic (exact) mass is 454 g/mol. The first kappa shape index (κ1) is 24.2. The molecule has 1 nitrogen and oxygen atoms in total. The van der Waals surface area contributed by atoms with E-state index in [-0.39, 0.29) is 12.4 Å². The SMILES string of the molecule is C=CCOCc1ccc(-c2ccc(-c3ccc([C@H]4CC[C@H](C=CCC)CC4)cc3)cc2)cc1F. The summed E-state index contributed by atoms with van der Waals surface area (Å²) in [6.45, 7) is 6.49. The van der Waals surface area contributed by atoms with Gasteiger partial charge in [-0.05, 0) is 77.8 Å². The van der Waals surface area contributed by atoms with Crippen LogP contribution < -0.4 is 0 Å². The molecule has 0 radical (unpaired) electrons. The van der Waals surface area contributed by atoms with Crippen LogP contribution in [0.3, 0.4) is 0 Å². The average Bonchev–Trinajstić information content (AvgIpc) is 2.89. The Hall–Kier alpha value is -2.97. The maximum absolute atomic E-state index is 14.5. The summed E-state index contributed by atoms with van der Waals surface area (Å²) < 4.78 is 19.8. The van der Waals surface area contributed by atoms with E-state index >= 15 is 0 Å². The number of ether oxygens (including phenoxy) is 1. The molecule has 3 aromatic carbocycles. The molecule has 0 unspecified atom stereocenters. The van der Waals surface area contributed by atoms with E-state index < -0.39 is 0 Å². The van der Waals surface area contributed by atoms with Crippen LogP contribution in [0.5, 0.6) is 0 Å². The lowest BCUT2D eigenvalue weighted by molar-refractivity contribution is 0.146. The second-order valence-corrected chi connectivity index (χ2v) is 9.26. The number of rotatable bonds is 9. The average molecular weight is 455 g/mol. The van der Waals surface area contributed by atoms with Gasteiger partial charge in [-0.25, -0.2) is 4.39 Å². The third-order valence-electron chi connectivity index (χ3n) is 6.90. The van der Waals surface area contributed by atoms with E-state index in [2.05, 4.69) is 74.2 Å². The van der Waals surface area contributed by atoms with Crippen molar-refractivity contribution in [2.45, 2.75) is 51.6 Å². The van der Waals surface area contributed by atoms with E-state index in [1.807, 2.05) is 6.07 Å². The van der Waals surface area contributed by atoms with E-state index in [4.69, 9.17) is 4.74 Å². The topological polar surface area (TPSA) is 9.23 Å². The molecule has 3 aromatic rings. The molecule has 1 saturated carbocycles. The Bertz CT molecular complexity index is 1090. The molecule has 1 fully saturated rings. The summed E-state index contributed by atoms with van der Waals surface area (Å²) >= 11 is 0. The molecule has 0 saturated heterocycles. The standard InChI is InChI=1S/C32H35FO/c1-3-5-6-24-7-9-25(10-8-24)26-11-13-27(14-12-26)28-15-17-29(18-16-28)30-19-20-31(32(33)22-30)23-34-21-4-2/h4-6,11-20,22,24-25H,2-3,7-10,21,23H2,1H3/t24-,25-. The Kier molecular flexibility index (Phi) is 8.49. The maximum atomic E-state index is 14.5. The van der Waals surface area contributed by atoms with Gasteiger partial charge in [-0.2, -0.15) is 0 Å². The van der Waals surface area contributed by atoms with Crippen molar-refractivity contribution in [1.29, 1.82) is 0 Å². The van der Waals surface area contributed by atoms with Crippen LogP contribution in [0.25, 0.3) is 22.3 Å². The van der Waals surface area contributed by atoms with Gasteiger partial charge in [-0.1, -0.05) is 85.8 Å². The fourth-order valence-electron chi connectivity index (χ4n) is 4.87. The molecular formula is C32H35FO. The van der Waals surface area contributed by atoms with Crippen molar-refractivity contribution >= 4 is 0 Å². The third kappa shape index (κ3) is 6.12. The van der Waals surface area contributed by atoms with E-state index in [0.29, 0.717) is 18.1 Å². The molecule has 0 N–H and O–H groups in total. The lowest BCUT2D eigenvalue weighted by Crippen LogP contribution is -2.11. The highest BCUT2D eigenvalue weighted by Crippen LogP contribution is 2.37. The minimum Gasteiger partial charge on any atom is -0.373 e. The quantitative estimate of drug-likeness (QED) is 0.231. The first-order valence-corrected chi connectivity index (χ1v) is 12.5. The predicted molar refractivity (Wildman–Crippen MR) is 141 cm³/mol. The normalized spacial score (nSPS) is 18.3. The van der Waals surface area contributed by atoms with E-state index in [1.54, 1.807) is 18.2 Å². The highest BCUT2D eigenvalue weighted by atomic mass is 19.1. The summed E-state index contributed by atoms with van der Waals surface area (Å²) in [4.78, 5) is 0. The molecule has 0 aliphatic heterocycles. The Balaban J connectivity index is 1.39. The number of hydrogen-bond donors (Lipinski definition) is 0. The highest BCUT2D eigenvalue weighted by molar-refractivity contribution is 5.70. The summed E-state index contributed by atoms with van der Waals surface area (Å²) in [6, 6.07) is 22.8. The van der Waals surface area contributed by atoms with Gasteiger partial charge in [0.2, 0.25) is 0 Å². The number of allylic oxidation sites excluding steroid dienone is 2. The van der Waals surface area contributed by atoms with Crippen LogP contribution in [0, 0.1) is 11.7 Å². The van der Waals surface area contributed by atoms with Crippen molar-refractivity contribution in [2.75, 3.05) is 6.61 Å². The Morgan fingerprint density at radius 2 is 1.44 bits per heavy atom. The van der Waals surface area contributed by atoms with Gasteiger partial charge >= 0.3 is 0 Å². The number of benzene rings is 3. The van der Waals surface area contributed by atoms with Gasteiger partial charge in [0, 0.05) is 5.56 Å². The zero-order valence-electron chi connectivity index (χ0n) is 20.2. The van der Waals surface area contributed by atoms with Crippen LogP contribution in [0.4, 0.5) is 4.39 Å². The lowest BCUT2D eigenvalue weighted by Gasteiger charge is -2.27. The van der Waals surface area contributed by atoms with Crippen LogP contribution >= 0.6 is 0 Å². The molecule has 34 heavy (non-hydrogen) atoms.